The first-order chi connectivity index (χ1) is 13.8. The number of halogens is 2. The molecule has 0 N–H and O–H groups in total. The van der Waals surface area contributed by atoms with Crippen molar-refractivity contribution >= 4 is 23.2 Å². The van der Waals surface area contributed by atoms with Gasteiger partial charge in [-0.1, -0.05) is 5.21 Å². The first-order valence-corrected chi connectivity index (χ1v) is 10.2. The van der Waals surface area contributed by atoms with Crippen LogP contribution in [0.25, 0.3) is 0 Å². The van der Waals surface area contributed by atoms with Crippen LogP contribution in [-0.2, 0) is 11.3 Å². The molecule has 0 aliphatic carbocycles. The fourth-order valence-corrected chi connectivity index (χ4v) is 4.44. The van der Waals surface area contributed by atoms with Gasteiger partial charge in [-0.05, 0) is 19.1 Å². The van der Waals surface area contributed by atoms with Crippen LogP contribution in [-0.4, -0.2) is 81.4 Å². The summed E-state index contributed by atoms with van der Waals surface area (Å²) in [6.45, 7) is 3.18. The van der Waals surface area contributed by atoms with Crippen LogP contribution in [0.3, 0.4) is 0 Å². The number of carbonyl (C=O) groups excluding carboxylic acids is 2. The lowest BCUT2D eigenvalue weighted by Gasteiger charge is -2.25. The Hall–Kier alpha value is -2.40. The van der Waals surface area contributed by atoms with Gasteiger partial charge in [0.25, 0.3) is 17.7 Å². The minimum Gasteiger partial charge on any atom is -0.378 e. The Balaban J connectivity index is 1.47. The van der Waals surface area contributed by atoms with Gasteiger partial charge >= 0.3 is 0 Å². The predicted molar refractivity (Wildman–Crippen MR) is 100 cm³/mol. The third-order valence-electron chi connectivity index (χ3n) is 5.04. The average molecular weight is 425 g/mol. The van der Waals surface area contributed by atoms with Crippen LogP contribution in [0.2, 0.25) is 0 Å². The van der Waals surface area contributed by atoms with Crippen molar-refractivity contribution in [2.45, 2.75) is 31.9 Å². The van der Waals surface area contributed by atoms with Crippen molar-refractivity contribution in [3.63, 3.8) is 0 Å². The van der Waals surface area contributed by atoms with Gasteiger partial charge in [0.2, 0.25) is 0 Å². The molecule has 0 aromatic carbocycles. The quantitative estimate of drug-likeness (QED) is 0.745. The van der Waals surface area contributed by atoms with Crippen LogP contribution in [0.4, 0.5) is 8.78 Å². The smallest absolute Gasteiger partial charge is 0.276 e. The summed E-state index contributed by atoms with van der Waals surface area (Å²) in [5.74, 6) is -3.63. The molecule has 0 radical (unpaired) electrons. The third-order valence-corrected chi connectivity index (χ3v) is 6.03. The van der Waals surface area contributed by atoms with E-state index < -0.39 is 30.8 Å². The Bertz CT molecular complexity index is 909. The van der Waals surface area contributed by atoms with Crippen LogP contribution >= 0.6 is 11.3 Å². The van der Waals surface area contributed by atoms with Crippen LogP contribution in [0.5, 0.6) is 0 Å². The highest BCUT2D eigenvalue weighted by molar-refractivity contribution is 7.13. The maximum Gasteiger partial charge on any atom is 0.276 e. The number of alkyl halides is 2. The summed E-state index contributed by atoms with van der Waals surface area (Å²) in [5, 5.41) is 7.81. The van der Waals surface area contributed by atoms with Gasteiger partial charge in [-0.25, -0.2) is 13.5 Å². The number of rotatable bonds is 4. The summed E-state index contributed by atoms with van der Waals surface area (Å²) >= 11 is 1.28. The highest BCUT2D eigenvalue weighted by Crippen LogP contribution is 2.34. The van der Waals surface area contributed by atoms with Gasteiger partial charge < -0.3 is 14.5 Å². The number of carbonyl (C=O) groups is 2. The predicted octanol–water partition coefficient (Wildman–Crippen LogP) is 1.67. The number of hydrogen-bond donors (Lipinski definition) is 0. The zero-order valence-electron chi connectivity index (χ0n) is 15.9. The molecule has 2 fully saturated rings. The van der Waals surface area contributed by atoms with Gasteiger partial charge in [0.1, 0.15) is 0 Å². The molecule has 2 aromatic heterocycles. The fraction of sp³-hybridized carbons (Fsp3) is 0.556. The van der Waals surface area contributed by atoms with Crippen LogP contribution < -0.4 is 0 Å². The zero-order valence-corrected chi connectivity index (χ0v) is 16.7. The highest BCUT2D eigenvalue weighted by atomic mass is 32.1. The molecule has 11 heteroatoms. The first kappa shape index (κ1) is 19.9. The topological polar surface area (TPSA) is 80.6 Å². The summed E-state index contributed by atoms with van der Waals surface area (Å²) in [6.07, 6.45) is 1.00. The molecule has 2 amide bonds. The second kappa shape index (κ2) is 7.79. The van der Waals surface area contributed by atoms with Gasteiger partial charge in [0.15, 0.2) is 5.69 Å². The van der Waals surface area contributed by atoms with E-state index in [0.29, 0.717) is 31.2 Å². The Labute approximate surface area is 170 Å². The molecule has 8 nitrogen and oxygen atoms in total. The van der Waals surface area contributed by atoms with Crippen LogP contribution in [0.15, 0.2) is 18.3 Å². The van der Waals surface area contributed by atoms with Crippen LogP contribution in [0.1, 0.15) is 31.5 Å². The molecule has 2 aliphatic heterocycles. The monoisotopic (exact) mass is 425 g/mol. The Morgan fingerprint density at radius 3 is 2.72 bits per heavy atom. The minimum atomic E-state index is -2.96. The van der Waals surface area contributed by atoms with Gasteiger partial charge in [-0.3, -0.25) is 9.59 Å². The minimum absolute atomic E-state index is 0.0507. The highest BCUT2D eigenvalue weighted by Gasteiger charge is 2.47. The normalized spacial score (nSPS) is 21.6. The summed E-state index contributed by atoms with van der Waals surface area (Å²) in [5.41, 5.74) is 0.156. The SMILES string of the molecule is Cc1ccc(C(=O)N2CC(F)(F)C[C@H]2Cn2cc(C(=O)N3CCOCC3)nn2)s1. The van der Waals surface area contributed by atoms with Gasteiger partial charge in [-0.15, -0.1) is 16.4 Å². The van der Waals surface area contributed by atoms with Gasteiger partial charge in [0.05, 0.1) is 43.4 Å². The van der Waals surface area contributed by atoms with E-state index >= 15 is 0 Å². The largest absolute Gasteiger partial charge is 0.378 e. The summed E-state index contributed by atoms with van der Waals surface area (Å²) < 4.78 is 34.8. The number of nitrogens with zero attached hydrogens (tertiary/aromatic N) is 5. The maximum absolute atomic E-state index is 14.1. The molecule has 1 atom stereocenters. The number of ether oxygens (including phenoxy) is 1. The number of likely N-dealkylation sites (tertiary alicyclic amines) is 1. The van der Waals surface area contributed by atoms with Crippen molar-refractivity contribution in [2.75, 3.05) is 32.8 Å². The number of morpholine rings is 1. The van der Waals surface area contributed by atoms with Crippen LogP contribution in [0, 0.1) is 6.92 Å². The lowest BCUT2D eigenvalue weighted by molar-refractivity contribution is 0.0118. The lowest BCUT2D eigenvalue weighted by atomic mass is 10.2. The molecule has 0 bridgehead atoms. The van der Waals surface area contributed by atoms with E-state index in [2.05, 4.69) is 10.3 Å². The van der Waals surface area contributed by atoms with Gasteiger partial charge in [-0.2, -0.15) is 0 Å². The number of thiophene rings is 1. The zero-order chi connectivity index (χ0) is 20.6. The molecular formula is C18H21F2N5O3S. The molecular weight excluding hydrogens is 404 g/mol. The second-order valence-electron chi connectivity index (χ2n) is 7.29. The van der Waals surface area contributed by atoms with E-state index in [1.165, 1.54) is 27.1 Å². The second-order valence-corrected chi connectivity index (χ2v) is 8.58. The molecule has 0 saturated carbocycles. The van der Waals surface area contributed by atoms with Crippen molar-refractivity contribution < 1.29 is 23.1 Å². The summed E-state index contributed by atoms with van der Waals surface area (Å²) in [7, 11) is 0. The number of aromatic nitrogens is 3. The molecule has 4 heterocycles. The molecule has 2 aliphatic rings. The van der Waals surface area contributed by atoms with Crippen molar-refractivity contribution in [3.8, 4) is 0 Å². The summed E-state index contributed by atoms with van der Waals surface area (Å²) in [6, 6.07) is 2.72. The molecule has 4 rings (SSSR count). The maximum atomic E-state index is 14.1. The molecule has 156 valence electrons. The van der Waals surface area contributed by atoms with E-state index in [0.717, 1.165) is 4.88 Å². The number of amides is 2. The van der Waals surface area contributed by atoms with E-state index in [1.807, 2.05) is 6.92 Å². The molecule has 2 saturated heterocycles. The Morgan fingerprint density at radius 1 is 1.28 bits per heavy atom. The molecule has 29 heavy (non-hydrogen) atoms. The van der Waals surface area contributed by atoms with E-state index in [-0.39, 0.29) is 18.1 Å². The Morgan fingerprint density at radius 2 is 2.03 bits per heavy atom. The standard InChI is InChI=1S/C18H21F2N5O3S/c1-12-2-3-15(29-12)17(27)25-11-18(19,20)8-13(25)9-24-10-14(21-22-24)16(26)23-4-6-28-7-5-23/h2-3,10,13H,4-9,11H2,1H3/t13-/m0/s1. The van der Waals surface area contributed by atoms with E-state index in [9.17, 15) is 18.4 Å². The van der Waals surface area contributed by atoms with Gasteiger partial charge in [0, 0.05) is 24.4 Å². The van der Waals surface area contributed by atoms with Crippen molar-refractivity contribution in [3.05, 3.63) is 33.8 Å². The van der Waals surface area contributed by atoms with Crippen molar-refractivity contribution in [1.29, 1.82) is 0 Å². The summed E-state index contributed by atoms with van der Waals surface area (Å²) in [4.78, 5) is 29.4. The third kappa shape index (κ3) is 4.30. The lowest BCUT2D eigenvalue weighted by Crippen LogP contribution is -2.40. The Kier molecular flexibility index (Phi) is 5.34. The molecule has 0 spiro atoms. The van der Waals surface area contributed by atoms with Crippen molar-refractivity contribution in [2.24, 2.45) is 0 Å². The fourth-order valence-electron chi connectivity index (χ4n) is 3.62. The first-order valence-electron chi connectivity index (χ1n) is 9.35. The molecule has 0 unspecified atom stereocenters. The van der Waals surface area contributed by atoms with E-state index in [1.54, 1.807) is 17.0 Å². The number of aryl methyl sites for hydroxylation is 1. The average Bonchev–Trinajstić information content (AvgIpc) is 3.40. The van der Waals surface area contributed by atoms with Crippen molar-refractivity contribution in [1.82, 2.24) is 24.8 Å². The van der Waals surface area contributed by atoms with E-state index in [4.69, 9.17) is 4.74 Å². The number of hydrogen-bond acceptors (Lipinski definition) is 6. The molecule has 2 aromatic rings.